The van der Waals surface area contributed by atoms with Crippen LogP contribution < -0.4 is 5.32 Å². The van der Waals surface area contributed by atoms with Crippen molar-refractivity contribution in [2.75, 3.05) is 6.54 Å². The highest BCUT2D eigenvalue weighted by molar-refractivity contribution is 9.10. The number of aryl methyl sites for hydroxylation is 1. The molecule has 2 aromatic rings. The molecule has 0 aliphatic carbocycles. The lowest BCUT2D eigenvalue weighted by Crippen LogP contribution is -2.22. The minimum absolute atomic E-state index is 0.153. The zero-order valence-corrected chi connectivity index (χ0v) is 15.3. The normalized spacial score (nSPS) is 12.7. The van der Waals surface area contributed by atoms with Gasteiger partial charge in [-0.1, -0.05) is 36.2 Å². The van der Waals surface area contributed by atoms with Crippen LogP contribution in [0.2, 0.25) is 9.36 Å². The first-order valence-electron chi connectivity index (χ1n) is 6.47. The van der Waals surface area contributed by atoms with E-state index in [0.29, 0.717) is 0 Å². The summed E-state index contributed by atoms with van der Waals surface area (Å²) in [6, 6.07) is 8.36. The summed E-state index contributed by atoms with van der Waals surface area (Å²) in [5, 5.41) is 4.30. The summed E-state index contributed by atoms with van der Waals surface area (Å²) in [6.45, 7) is 5.16. The highest BCUT2D eigenvalue weighted by atomic mass is 79.9. The minimum Gasteiger partial charge on any atom is -0.306 e. The Labute approximate surface area is 142 Å². The molecule has 1 aromatic heterocycles. The van der Waals surface area contributed by atoms with Crippen molar-refractivity contribution >= 4 is 50.5 Å². The molecule has 0 saturated carbocycles. The lowest BCUT2D eigenvalue weighted by atomic mass is 10.0. The molecule has 0 bridgehead atoms. The van der Waals surface area contributed by atoms with Gasteiger partial charge < -0.3 is 5.32 Å². The first kappa shape index (κ1) is 16.3. The van der Waals surface area contributed by atoms with Crippen LogP contribution in [0.1, 0.15) is 35.4 Å². The zero-order valence-electron chi connectivity index (χ0n) is 11.3. The second-order valence-electron chi connectivity index (χ2n) is 4.67. The van der Waals surface area contributed by atoms with Gasteiger partial charge in [0.05, 0.1) is 15.4 Å². The predicted octanol–water partition coefficient (Wildman–Crippen LogP) is 6.21. The molecule has 1 aromatic carbocycles. The Morgan fingerprint density at radius 3 is 2.60 bits per heavy atom. The lowest BCUT2D eigenvalue weighted by molar-refractivity contribution is 0.605. The molecular formula is C15H16BrCl2NS. The molecule has 0 aliphatic heterocycles. The molecule has 1 nitrogen and oxygen atoms in total. The SMILES string of the molecule is CCCNC(c1ccc(Cl)c(Br)c1)c1cc(C)c(Cl)s1. The number of thiophene rings is 1. The first-order chi connectivity index (χ1) is 9.52. The summed E-state index contributed by atoms with van der Waals surface area (Å²) in [5.41, 5.74) is 2.32. The summed E-state index contributed by atoms with van der Waals surface area (Å²) >= 11 is 17.4. The van der Waals surface area contributed by atoms with E-state index in [-0.39, 0.29) is 6.04 Å². The van der Waals surface area contributed by atoms with Crippen LogP contribution >= 0.6 is 50.5 Å². The maximum absolute atomic E-state index is 6.21. The number of halogens is 3. The van der Waals surface area contributed by atoms with Gasteiger partial charge in [0.1, 0.15) is 0 Å². The van der Waals surface area contributed by atoms with Gasteiger partial charge in [0, 0.05) is 9.35 Å². The molecule has 1 N–H and O–H groups in total. The van der Waals surface area contributed by atoms with Gasteiger partial charge in [0.2, 0.25) is 0 Å². The maximum Gasteiger partial charge on any atom is 0.0961 e. The zero-order chi connectivity index (χ0) is 14.7. The third kappa shape index (κ3) is 3.77. The number of nitrogens with one attached hydrogen (secondary N) is 1. The van der Waals surface area contributed by atoms with E-state index < -0.39 is 0 Å². The number of benzene rings is 1. The van der Waals surface area contributed by atoms with Crippen molar-refractivity contribution in [1.82, 2.24) is 5.32 Å². The van der Waals surface area contributed by atoms with E-state index in [4.69, 9.17) is 23.2 Å². The van der Waals surface area contributed by atoms with Crippen LogP contribution in [0, 0.1) is 6.92 Å². The molecule has 0 saturated heterocycles. The molecule has 108 valence electrons. The Kier molecular flexibility index (Phi) is 5.94. The number of rotatable bonds is 5. The van der Waals surface area contributed by atoms with E-state index in [1.54, 1.807) is 11.3 Å². The van der Waals surface area contributed by atoms with E-state index in [1.165, 1.54) is 10.4 Å². The summed E-state index contributed by atoms with van der Waals surface area (Å²) in [4.78, 5) is 1.23. The third-order valence-corrected chi connectivity index (χ3v) is 5.87. The maximum atomic E-state index is 6.21. The Morgan fingerprint density at radius 2 is 2.05 bits per heavy atom. The minimum atomic E-state index is 0.153. The fraction of sp³-hybridized carbons (Fsp3) is 0.333. The molecule has 1 unspecified atom stereocenters. The van der Waals surface area contributed by atoms with Gasteiger partial charge in [-0.05, 0) is 65.1 Å². The summed E-state index contributed by atoms with van der Waals surface area (Å²) in [6.07, 6.45) is 1.09. The van der Waals surface area contributed by atoms with Crippen LogP contribution in [0.4, 0.5) is 0 Å². The second-order valence-corrected chi connectivity index (χ2v) is 7.61. The molecule has 0 amide bonds. The fourth-order valence-corrected chi connectivity index (χ4v) is 3.82. The predicted molar refractivity (Wildman–Crippen MR) is 93.4 cm³/mol. The molecule has 1 atom stereocenters. The van der Waals surface area contributed by atoms with Gasteiger partial charge in [-0.15, -0.1) is 11.3 Å². The van der Waals surface area contributed by atoms with E-state index in [0.717, 1.165) is 32.4 Å². The van der Waals surface area contributed by atoms with Crippen LogP contribution in [-0.2, 0) is 0 Å². The summed E-state index contributed by atoms with van der Waals surface area (Å²) < 4.78 is 1.77. The molecule has 0 fully saturated rings. The summed E-state index contributed by atoms with van der Waals surface area (Å²) in [7, 11) is 0. The van der Waals surface area contributed by atoms with Crippen LogP contribution in [0.3, 0.4) is 0 Å². The molecule has 20 heavy (non-hydrogen) atoms. The van der Waals surface area contributed by atoms with Gasteiger partial charge in [-0.3, -0.25) is 0 Å². The smallest absolute Gasteiger partial charge is 0.0961 e. The van der Waals surface area contributed by atoms with Crippen molar-refractivity contribution in [3.8, 4) is 0 Å². The highest BCUT2D eigenvalue weighted by Gasteiger charge is 2.17. The van der Waals surface area contributed by atoms with Crippen molar-refractivity contribution < 1.29 is 0 Å². The largest absolute Gasteiger partial charge is 0.306 e. The van der Waals surface area contributed by atoms with Gasteiger partial charge in [0.15, 0.2) is 0 Å². The van der Waals surface area contributed by atoms with E-state index in [1.807, 2.05) is 13.0 Å². The monoisotopic (exact) mass is 391 g/mol. The lowest BCUT2D eigenvalue weighted by Gasteiger charge is -2.18. The molecule has 0 aliphatic rings. The molecular weight excluding hydrogens is 377 g/mol. The average Bonchev–Trinajstić information content (AvgIpc) is 2.74. The number of hydrogen-bond acceptors (Lipinski definition) is 2. The van der Waals surface area contributed by atoms with Crippen molar-refractivity contribution in [1.29, 1.82) is 0 Å². The summed E-state index contributed by atoms with van der Waals surface area (Å²) in [5.74, 6) is 0. The Bertz CT molecular complexity index is 578. The second kappa shape index (κ2) is 7.28. The molecule has 5 heteroatoms. The van der Waals surface area contributed by atoms with Crippen molar-refractivity contribution in [2.45, 2.75) is 26.3 Å². The van der Waals surface area contributed by atoms with Crippen LogP contribution in [0.15, 0.2) is 28.7 Å². The van der Waals surface area contributed by atoms with Gasteiger partial charge >= 0.3 is 0 Å². The van der Waals surface area contributed by atoms with Crippen LogP contribution in [0.25, 0.3) is 0 Å². The van der Waals surface area contributed by atoms with E-state index >= 15 is 0 Å². The Morgan fingerprint density at radius 1 is 1.30 bits per heavy atom. The van der Waals surface area contributed by atoms with Gasteiger partial charge in [-0.25, -0.2) is 0 Å². The third-order valence-electron chi connectivity index (χ3n) is 3.04. The highest BCUT2D eigenvalue weighted by Crippen LogP contribution is 2.35. The molecule has 2 rings (SSSR count). The number of hydrogen-bond donors (Lipinski definition) is 1. The Hall–Kier alpha value is -0.0600. The van der Waals surface area contributed by atoms with Gasteiger partial charge in [0.25, 0.3) is 0 Å². The van der Waals surface area contributed by atoms with E-state index in [9.17, 15) is 0 Å². The standard InChI is InChI=1S/C15H16BrCl2NS/c1-3-6-19-14(13-7-9(2)15(18)20-13)10-4-5-12(17)11(16)8-10/h4-5,7-8,14,19H,3,6H2,1-2H3. The van der Waals surface area contributed by atoms with Crippen molar-refractivity contribution in [2.24, 2.45) is 0 Å². The van der Waals surface area contributed by atoms with Gasteiger partial charge in [-0.2, -0.15) is 0 Å². The molecule has 0 radical (unpaired) electrons. The Balaban J connectivity index is 2.38. The van der Waals surface area contributed by atoms with Crippen LogP contribution in [0.5, 0.6) is 0 Å². The first-order valence-corrected chi connectivity index (χ1v) is 8.83. The molecule has 1 heterocycles. The molecule has 0 spiro atoms. The average molecular weight is 393 g/mol. The van der Waals surface area contributed by atoms with Crippen molar-refractivity contribution in [3.05, 3.63) is 54.1 Å². The topological polar surface area (TPSA) is 12.0 Å². The van der Waals surface area contributed by atoms with Crippen LogP contribution in [-0.4, -0.2) is 6.54 Å². The van der Waals surface area contributed by atoms with Crippen molar-refractivity contribution in [3.63, 3.8) is 0 Å². The van der Waals surface area contributed by atoms with E-state index in [2.05, 4.69) is 46.4 Å². The quantitative estimate of drug-likeness (QED) is 0.637. The fourth-order valence-electron chi connectivity index (χ4n) is 1.99.